The Bertz CT molecular complexity index is 533. The molecule has 116 valence electrons. The fourth-order valence-electron chi connectivity index (χ4n) is 2.56. The van der Waals surface area contributed by atoms with Gasteiger partial charge in [-0.05, 0) is 43.1 Å². The molecule has 1 aromatic carbocycles. The fraction of sp³-hybridized carbons (Fsp3) is 0.500. The minimum atomic E-state index is -4.38. The Labute approximate surface area is 128 Å². The Morgan fingerprint density at radius 3 is 2.71 bits per heavy atom. The molecule has 1 N–H and O–H groups in total. The molecule has 1 saturated heterocycles. The van der Waals surface area contributed by atoms with E-state index in [1.807, 2.05) is 4.90 Å². The molecule has 0 saturated carbocycles. The highest BCUT2D eigenvalue weighted by molar-refractivity contribution is 9.10. The largest absolute Gasteiger partial charge is 0.481 e. The molecular weight excluding hydrogens is 351 g/mol. The van der Waals surface area contributed by atoms with Crippen molar-refractivity contribution in [3.05, 3.63) is 33.8 Å². The molecule has 0 aliphatic carbocycles. The number of benzene rings is 1. The van der Waals surface area contributed by atoms with Crippen molar-refractivity contribution in [1.82, 2.24) is 4.90 Å². The normalized spacial score (nSPS) is 20.5. The second kappa shape index (κ2) is 6.36. The molecule has 1 atom stereocenters. The summed E-state index contributed by atoms with van der Waals surface area (Å²) in [5.74, 6) is -1.28. The minimum absolute atomic E-state index is 0.326. The first-order chi connectivity index (χ1) is 9.75. The highest BCUT2D eigenvalue weighted by Gasteiger charge is 2.31. The van der Waals surface area contributed by atoms with Gasteiger partial charge in [0.05, 0.1) is 11.5 Å². The number of likely N-dealkylation sites (tertiary alicyclic amines) is 1. The molecule has 0 bridgehead atoms. The van der Waals surface area contributed by atoms with E-state index in [0.717, 1.165) is 18.6 Å². The smallest absolute Gasteiger partial charge is 0.416 e. The average molecular weight is 366 g/mol. The lowest BCUT2D eigenvalue weighted by atomic mass is 9.97. The van der Waals surface area contributed by atoms with Crippen molar-refractivity contribution in [3.63, 3.8) is 0 Å². The lowest BCUT2D eigenvalue weighted by Gasteiger charge is -2.30. The summed E-state index contributed by atoms with van der Waals surface area (Å²) in [6.45, 7) is 1.41. The highest BCUT2D eigenvalue weighted by Crippen LogP contribution is 2.32. The third-order valence-electron chi connectivity index (χ3n) is 3.55. The van der Waals surface area contributed by atoms with Gasteiger partial charge in [-0.1, -0.05) is 15.9 Å². The van der Waals surface area contributed by atoms with Crippen LogP contribution in [-0.4, -0.2) is 29.1 Å². The van der Waals surface area contributed by atoms with Crippen LogP contribution in [0.2, 0.25) is 0 Å². The van der Waals surface area contributed by atoms with Crippen LogP contribution in [0.4, 0.5) is 13.2 Å². The summed E-state index contributed by atoms with van der Waals surface area (Å²) in [7, 11) is 0. The zero-order valence-corrected chi connectivity index (χ0v) is 12.7. The molecule has 1 aromatic rings. The maximum Gasteiger partial charge on any atom is 0.416 e. The number of nitrogens with zero attached hydrogens (tertiary/aromatic N) is 1. The van der Waals surface area contributed by atoms with Crippen molar-refractivity contribution >= 4 is 21.9 Å². The molecule has 0 amide bonds. The number of carboxylic acid groups (broad SMARTS) is 1. The van der Waals surface area contributed by atoms with Crippen molar-refractivity contribution in [3.8, 4) is 0 Å². The van der Waals surface area contributed by atoms with Gasteiger partial charge in [0, 0.05) is 17.6 Å². The van der Waals surface area contributed by atoms with E-state index in [9.17, 15) is 18.0 Å². The van der Waals surface area contributed by atoms with Gasteiger partial charge in [-0.15, -0.1) is 0 Å². The van der Waals surface area contributed by atoms with E-state index in [1.54, 1.807) is 6.07 Å². The maximum atomic E-state index is 12.8. The van der Waals surface area contributed by atoms with E-state index in [2.05, 4.69) is 15.9 Å². The van der Waals surface area contributed by atoms with Gasteiger partial charge in [-0.3, -0.25) is 9.69 Å². The topological polar surface area (TPSA) is 40.5 Å². The Hall–Kier alpha value is -1.08. The monoisotopic (exact) mass is 365 g/mol. The van der Waals surface area contributed by atoms with Crippen LogP contribution < -0.4 is 0 Å². The molecule has 0 aromatic heterocycles. The molecule has 1 aliphatic rings. The van der Waals surface area contributed by atoms with E-state index in [4.69, 9.17) is 5.11 Å². The minimum Gasteiger partial charge on any atom is -0.481 e. The average Bonchev–Trinajstić information content (AvgIpc) is 2.37. The number of halogens is 4. The van der Waals surface area contributed by atoms with Gasteiger partial charge < -0.3 is 5.11 Å². The van der Waals surface area contributed by atoms with Gasteiger partial charge in [0.25, 0.3) is 0 Å². The second-order valence-corrected chi connectivity index (χ2v) is 6.17. The Morgan fingerprint density at radius 1 is 1.38 bits per heavy atom. The number of hydrogen-bond donors (Lipinski definition) is 1. The fourth-order valence-corrected chi connectivity index (χ4v) is 3.10. The Balaban J connectivity index is 2.12. The number of carboxylic acids is 1. The van der Waals surface area contributed by atoms with E-state index >= 15 is 0 Å². The molecular formula is C14H15BrF3NO2. The summed E-state index contributed by atoms with van der Waals surface area (Å²) >= 11 is 3.09. The molecule has 7 heteroatoms. The first-order valence-corrected chi connectivity index (χ1v) is 7.37. The number of carbonyl (C=O) groups is 1. The zero-order valence-electron chi connectivity index (χ0n) is 11.2. The molecule has 1 aliphatic heterocycles. The first kappa shape index (κ1) is 16.3. The van der Waals surface area contributed by atoms with Crippen molar-refractivity contribution in [2.75, 3.05) is 13.1 Å². The molecule has 1 unspecified atom stereocenters. The van der Waals surface area contributed by atoms with Crippen LogP contribution in [0, 0.1) is 5.92 Å². The second-order valence-electron chi connectivity index (χ2n) is 5.26. The molecule has 21 heavy (non-hydrogen) atoms. The summed E-state index contributed by atoms with van der Waals surface area (Å²) in [4.78, 5) is 12.9. The van der Waals surface area contributed by atoms with Crippen LogP contribution in [0.1, 0.15) is 24.0 Å². The lowest BCUT2D eigenvalue weighted by molar-refractivity contribution is -0.143. The van der Waals surface area contributed by atoms with Crippen molar-refractivity contribution in [2.24, 2.45) is 5.92 Å². The van der Waals surface area contributed by atoms with Gasteiger partial charge >= 0.3 is 12.1 Å². The Kier molecular flexibility index (Phi) is 4.93. The van der Waals surface area contributed by atoms with Crippen molar-refractivity contribution in [1.29, 1.82) is 0 Å². The zero-order chi connectivity index (χ0) is 15.6. The Morgan fingerprint density at radius 2 is 2.10 bits per heavy atom. The van der Waals surface area contributed by atoms with E-state index < -0.39 is 23.6 Å². The molecule has 0 spiro atoms. The summed E-state index contributed by atoms with van der Waals surface area (Å²) in [5, 5.41) is 9.03. The summed E-state index contributed by atoms with van der Waals surface area (Å²) < 4.78 is 38.7. The predicted octanol–water partition coefficient (Wildman–Crippen LogP) is 3.76. The van der Waals surface area contributed by atoms with Crippen LogP contribution >= 0.6 is 15.9 Å². The highest BCUT2D eigenvalue weighted by atomic mass is 79.9. The summed E-state index contributed by atoms with van der Waals surface area (Å²) in [5.41, 5.74) is -0.165. The van der Waals surface area contributed by atoms with Crippen LogP contribution in [0.5, 0.6) is 0 Å². The molecule has 0 radical (unpaired) electrons. The first-order valence-electron chi connectivity index (χ1n) is 6.57. The third kappa shape index (κ3) is 4.44. The van der Waals surface area contributed by atoms with Gasteiger partial charge in [-0.25, -0.2) is 0 Å². The maximum absolute atomic E-state index is 12.8. The van der Waals surface area contributed by atoms with Gasteiger partial charge in [0.1, 0.15) is 0 Å². The van der Waals surface area contributed by atoms with Crippen molar-refractivity contribution in [2.45, 2.75) is 25.6 Å². The number of alkyl halides is 3. The quantitative estimate of drug-likeness (QED) is 0.886. The number of hydrogen-bond acceptors (Lipinski definition) is 2. The SMILES string of the molecule is O=C(O)C1CCCN(Cc2cc(Br)cc(C(F)(F)F)c2)C1. The number of aliphatic carboxylic acids is 1. The molecule has 1 heterocycles. The third-order valence-corrected chi connectivity index (χ3v) is 4.00. The molecule has 2 rings (SSSR count). The molecule has 1 fully saturated rings. The van der Waals surface area contributed by atoms with Crippen LogP contribution in [0.25, 0.3) is 0 Å². The predicted molar refractivity (Wildman–Crippen MR) is 74.8 cm³/mol. The lowest BCUT2D eigenvalue weighted by Crippen LogP contribution is -2.38. The van der Waals surface area contributed by atoms with Crippen LogP contribution in [-0.2, 0) is 17.5 Å². The van der Waals surface area contributed by atoms with Gasteiger partial charge in [-0.2, -0.15) is 13.2 Å². The van der Waals surface area contributed by atoms with E-state index in [-0.39, 0.29) is 0 Å². The molecule has 3 nitrogen and oxygen atoms in total. The standard InChI is InChI=1S/C14H15BrF3NO2/c15-12-5-9(4-11(6-12)14(16,17)18)7-19-3-1-2-10(8-19)13(20)21/h4-6,10H,1-3,7-8H2,(H,20,21). The summed E-state index contributed by atoms with van der Waals surface area (Å²) in [6, 6.07) is 3.80. The van der Waals surface area contributed by atoms with Gasteiger partial charge in [0.15, 0.2) is 0 Å². The summed E-state index contributed by atoms with van der Waals surface area (Å²) in [6.07, 6.45) is -3.01. The van der Waals surface area contributed by atoms with Crippen molar-refractivity contribution < 1.29 is 23.1 Å². The van der Waals surface area contributed by atoms with E-state index in [0.29, 0.717) is 36.1 Å². The number of rotatable bonds is 3. The number of piperidine rings is 1. The van der Waals surface area contributed by atoms with E-state index in [1.165, 1.54) is 0 Å². The van der Waals surface area contributed by atoms with Crippen LogP contribution in [0.15, 0.2) is 22.7 Å². The van der Waals surface area contributed by atoms with Gasteiger partial charge in [0.2, 0.25) is 0 Å². The van der Waals surface area contributed by atoms with Crippen LogP contribution in [0.3, 0.4) is 0 Å².